The third-order valence-electron chi connectivity index (χ3n) is 3.21. The van der Waals surface area contributed by atoms with Crippen LogP contribution in [-0.4, -0.2) is 47.8 Å². The predicted molar refractivity (Wildman–Crippen MR) is 65.4 cm³/mol. The summed E-state index contributed by atoms with van der Waals surface area (Å²) in [7, 11) is 1.32. The van der Waals surface area contributed by atoms with E-state index in [1.54, 1.807) is 6.20 Å². The lowest BCUT2D eigenvalue weighted by Crippen LogP contribution is -2.35. The van der Waals surface area contributed by atoms with E-state index < -0.39 is 5.97 Å². The second kappa shape index (κ2) is 5.77. The molecule has 18 heavy (non-hydrogen) atoms. The molecular formula is C12H17N3O3. The van der Waals surface area contributed by atoms with E-state index in [1.165, 1.54) is 13.3 Å². The van der Waals surface area contributed by atoms with E-state index in [2.05, 4.69) is 19.6 Å². The van der Waals surface area contributed by atoms with Crippen LogP contribution in [0, 0.1) is 5.92 Å². The van der Waals surface area contributed by atoms with Crippen molar-refractivity contribution < 1.29 is 14.6 Å². The molecule has 6 nitrogen and oxygen atoms in total. The second-order valence-electron chi connectivity index (χ2n) is 4.37. The number of aromatic nitrogens is 2. The Labute approximate surface area is 106 Å². The van der Waals surface area contributed by atoms with Crippen molar-refractivity contribution in [3.8, 4) is 0 Å². The van der Waals surface area contributed by atoms with Gasteiger partial charge in [0.15, 0.2) is 5.69 Å². The molecule has 0 saturated carbocycles. The Morgan fingerprint density at radius 2 is 2.22 bits per heavy atom. The fraction of sp³-hybridized carbons (Fsp3) is 0.583. The number of esters is 1. The van der Waals surface area contributed by atoms with E-state index in [-0.39, 0.29) is 12.3 Å². The number of anilines is 1. The van der Waals surface area contributed by atoms with Crippen LogP contribution in [0.2, 0.25) is 0 Å². The topological polar surface area (TPSA) is 75.5 Å². The predicted octanol–water partition coefficient (Wildman–Crippen LogP) is 0.472. The Kier molecular flexibility index (Phi) is 4.09. The summed E-state index contributed by atoms with van der Waals surface area (Å²) >= 11 is 0. The van der Waals surface area contributed by atoms with E-state index in [4.69, 9.17) is 5.11 Å². The summed E-state index contributed by atoms with van der Waals surface area (Å²) in [4.78, 5) is 21.7. The average Bonchev–Trinajstić information content (AvgIpc) is 2.46. The third kappa shape index (κ3) is 2.76. The summed E-state index contributed by atoms with van der Waals surface area (Å²) in [6.07, 6.45) is 4.91. The first-order chi connectivity index (χ1) is 8.74. The number of nitrogens with zero attached hydrogens (tertiary/aromatic N) is 3. The highest BCUT2D eigenvalue weighted by Gasteiger charge is 2.20. The molecule has 0 bridgehead atoms. The summed E-state index contributed by atoms with van der Waals surface area (Å²) in [5, 5.41) is 9.09. The summed E-state index contributed by atoms with van der Waals surface area (Å²) in [5.41, 5.74) is 0.222. The van der Waals surface area contributed by atoms with Crippen LogP contribution in [0.5, 0.6) is 0 Å². The zero-order valence-corrected chi connectivity index (χ0v) is 10.4. The first kappa shape index (κ1) is 12.8. The number of aliphatic hydroxyl groups excluding tert-OH is 1. The van der Waals surface area contributed by atoms with Gasteiger partial charge in [-0.2, -0.15) is 0 Å². The average molecular weight is 251 g/mol. The normalized spacial score (nSPS) is 16.7. The monoisotopic (exact) mass is 251 g/mol. The molecule has 1 aromatic rings. The molecule has 0 atom stereocenters. The molecule has 1 saturated heterocycles. The Bertz CT molecular complexity index is 417. The molecule has 98 valence electrons. The van der Waals surface area contributed by atoms with E-state index >= 15 is 0 Å². The van der Waals surface area contributed by atoms with Gasteiger partial charge in [0.05, 0.1) is 19.5 Å². The quantitative estimate of drug-likeness (QED) is 0.787. The van der Waals surface area contributed by atoms with Crippen molar-refractivity contribution in [3.05, 3.63) is 18.1 Å². The van der Waals surface area contributed by atoms with E-state index in [1.807, 2.05) is 0 Å². The van der Waals surface area contributed by atoms with Crippen LogP contribution in [0.15, 0.2) is 12.4 Å². The van der Waals surface area contributed by atoms with Gasteiger partial charge < -0.3 is 14.7 Å². The fourth-order valence-electron chi connectivity index (χ4n) is 2.06. The van der Waals surface area contributed by atoms with Gasteiger partial charge in [-0.15, -0.1) is 0 Å². The lowest BCUT2D eigenvalue weighted by molar-refractivity contribution is 0.0593. The molecule has 0 aliphatic carbocycles. The molecule has 2 heterocycles. The van der Waals surface area contributed by atoms with Crippen molar-refractivity contribution in [2.24, 2.45) is 5.92 Å². The van der Waals surface area contributed by atoms with Crippen LogP contribution in [0.1, 0.15) is 23.3 Å². The molecule has 0 aromatic carbocycles. The minimum absolute atomic E-state index is 0.222. The zero-order chi connectivity index (χ0) is 13.0. The number of aliphatic hydroxyl groups is 1. The number of methoxy groups -OCH3 is 1. The standard InChI is InChI=1S/C12H17N3O3/c1-18-12(17)10-6-13-7-11(14-10)15-4-2-9(8-16)3-5-15/h6-7,9,16H,2-5,8H2,1H3. The minimum atomic E-state index is -0.477. The smallest absolute Gasteiger partial charge is 0.358 e. The van der Waals surface area contributed by atoms with Crippen molar-refractivity contribution in [1.29, 1.82) is 0 Å². The third-order valence-corrected chi connectivity index (χ3v) is 3.21. The van der Waals surface area contributed by atoms with Crippen LogP contribution in [-0.2, 0) is 4.74 Å². The SMILES string of the molecule is COC(=O)c1cncc(N2CCC(CO)CC2)n1. The van der Waals surface area contributed by atoms with E-state index in [9.17, 15) is 4.79 Å². The molecule has 1 aliphatic rings. The Balaban J connectivity index is 2.07. The summed E-state index contributed by atoms with van der Waals surface area (Å²) in [5.74, 6) is 0.585. The summed E-state index contributed by atoms with van der Waals surface area (Å²) < 4.78 is 4.62. The molecule has 0 spiro atoms. The maximum atomic E-state index is 11.4. The highest BCUT2D eigenvalue weighted by Crippen LogP contribution is 2.21. The molecule has 2 rings (SSSR count). The Morgan fingerprint density at radius 3 is 2.83 bits per heavy atom. The number of hydrogen-bond donors (Lipinski definition) is 1. The molecule has 1 aliphatic heterocycles. The first-order valence-corrected chi connectivity index (χ1v) is 6.00. The molecule has 0 amide bonds. The van der Waals surface area contributed by atoms with Gasteiger partial charge in [0.25, 0.3) is 0 Å². The number of piperidine rings is 1. The molecule has 1 fully saturated rings. The molecule has 1 aromatic heterocycles. The van der Waals surface area contributed by atoms with Crippen LogP contribution in [0.4, 0.5) is 5.82 Å². The minimum Gasteiger partial charge on any atom is -0.464 e. The second-order valence-corrected chi connectivity index (χ2v) is 4.37. The van der Waals surface area contributed by atoms with Crippen LogP contribution >= 0.6 is 0 Å². The van der Waals surface area contributed by atoms with Crippen LogP contribution < -0.4 is 4.90 Å². The molecule has 0 radical (unpaired) electrons. The number of carbonyl (C=O) groups is 1. The fourth-order valence-corrected chi connectivity index (χ4v) is 2.06. The van der Waals surface area contributed by atoms with Gasteiger partial charge in [0.2, 0.25) is 0 Å². The zero-order valence-electron chi connectivity index (χ0n) is 10.4. The maximum absolute atomic E-state index is 11.4. The molecule has 0 unspecified atom stereocenters. The number of hydrogen-bond acceptors (Lipinski definition) is 6. The lowest BCUT2D eigenvalue weighted by atomic mass is 9.98. The van der Waals surface area contributed by atoms with Crippen LogP contribution in [0.25, 0.3) is 0 Å². The van der Waals surface area contributed by atoms with E-state index in [0.717, 1.165) is 25.9 Å². The highest BCUT2D eigenvalue weighted by molar-refractivity contribution is 5.87. The first-order valence-electron chi connectivity index (χ1n) is 6.00. The molecular weight excluding hydrogens is 234 g/mol. The highest BCUT2D eigenvalue weighted by atomic mass is 16.5. The van der Waals surface area contributed by atoms with Crippen LogP contribution in [0.3, 0.4) is 0 Å². The lowest BCUT2D eigenvalue weighted by Gasteiger charge is -2.31. The maximum Gasteiger partial charge on any atom is 0.358 e. The Hall–Kier alpha value is -1.69. The van der Waals surface area contributed by atoms with Gasteiger partial charge in [0.1, 0.15) is 5.82 Å². The Morgan fingerprint density at radius 1 is 1.50 bits per heavy atom. The summed E-state index contributed by atoms with van der Waals surface area (Å²) in [6, 6.07) is 0. The van der Waals surface area contributed by atoms with Crippen molar-refractivity contribution in [2.75, 3.05) is 31.7 Å². The van der Waals surface area contributed by atoms with Gasteiger partial charge >= 0.3 is 5.97 Å². The van der Waals surface area contributed by atoms with Gasteiger partial charge in [0, 0.05) is 19.7 Å². The number of carbonyl (C=O) groups excluding carboxylic acids is 1. The van der Waals surface area contributed by atoms with Gasteiger partial charge in [-0.25, -0.2) is 9.78 Å². The van der Waals surface area contributed by atoms with Gasteiger partial charge in [-0.3, -0.25) is 4.98 Å². The van der Waals surface area contributed by atoms with Crippen molar-refractivity contribution in [3.63, 3.8) is 0 Å². The van der Waals surface area contributed by atoms with Crippen molar-refractivity contribution in [1.82, 2.24) is 9.97 Å². The summed E-state index contributed by atoms with van der Waals surface area (Å²) in [6.45, 7) is 1.89. The molecule has 1 N–H and O–H groups in total. The number of ether oxygens (including phenoxy) is 1. The van der Waals surface area contributed by atoms with Gasteiger partial charge in [-0.1, -0.05) is 0 Å². The van der Waals surface area contributed by atoms with Crippen molar-refractivity contribution >= 4 is 11.8 Å². The van der Waals surface area contributed by atoms with Gasteiger partial charge in [-0.05, 0) is 18.8 Å². The van der Waals surface area contributed by atoms with E-state index in [0.29, 0.717) is 11.7 Å². The number of rotatable bonds is 3. The van der Waals surface area contributed by atoms with Crippen molar-refractivity contribution in [2.45, 2.75) is 12.8 Å². The molecule has 6 heteroatoms. The largest absolute Gasteiger partial charge is 0.464 e.